The van der Waals surface area contributed by atoms with Gasteiger partial charge in [-0.2, -0.15) is 11.8 Å². The molecule has 4 amide bonds. The van der Waals surface area contributed by atoms with Crippen LogP contribution in [0, 0.1) is 0 Å². The molecule has 3 aliphatic heterocycles. The van der Waals surface area contributed by atoms with E-state index < -0.39 is 18.1 Å². The summed E-state index contributed by atoms with van der Waals surface area (Å²) in [6, 6.07) is 5.29. The number of ether oxygens (including phenoxy) is 1. The molecule has 0 saturated carbocycles. The highest BCUT2D eigenvalue weighted by molar-refractivity contribution is 7.99. The number of para-hydroxylation sites is 1. The standard InChI is InChI=1S/C22H28N4O5S/c1-31-17-6-4-3-5-13(17)9-19(28)25-8-7-15-20(25)22(30)26-11-14(23-18(27)12-32-2)10-16(26)21(29)24-15/h3-6,14-16,20H,7-12H2,1-2H3,(H,23,27)(H,24,29)/t14-,15+,16+,20-/m0/s1. The molecule has 0 radical (unpaired) electrons. The van der Waals surface area contributed by atoms with Crippen molar-refractivity contribution in [1.29, 1.82) is 0 Å². The van der Waals surface area contributed by atoms with Gasteiger partial charge in [-0.3, -0.25) is 19.2 Å². The normalized spacial score (nSPS) is 26.8. The highest BCUT2D eigenvalue weighted by Crippen LogP contribution is 2.30. The van der Waals surface area contributed by atoms with Crippen LogP contribution in [0.1, 0.15) is 18.4 Å². The first-order chi connectivity index (χ1) is 15.4. The Morgan fingerprint density at radius 2 is 2.06 bits per heavy atom. The van der Waals surface area contributed by atoms with Gasteiger partial charge in [0.05, 0.1) is 25.3 Å². The Morgan fingerprint density at radius 1 is 1.28 bits per heavy atom. The van der Waals surface area contributed by atoms with Crippen LogP contribution in [0.2, 0.25) is 0 Å². The first kappa shape index (κ1) is 22.4. The van der Waals surface area contributed by atoms with E-state index in [-0.39, 0.29) is 42.6 Å². The van der Waals surface area contributed by atoms with E-state index in [4.69, 9.17) is 4.74 Å². The lowest BCUT2D eigenvalue weighted by Crippen LogP contribution is -2.53. The maximum atomic E-state index is 13.5. The molecule has 0 aliphatic carbocycles. The van der Waals surface area contributed by atoms with Crippen molar-refractivity contribution in [2.24, 2.45) is 0 Å². The number of nitrogens with one attached hydrogen (secondary N) is 2. The molecular weight excluding hydrogens is 432 g/mol. The summed E-state index contributed by atoms with van der Waals surface area (Å²) in [6.07, 6.45) is 2.88. The molecule has 0 aromatic heterocycles. The molecule has 1 aromatic carbocycles. The highest BCUT2D eigenvalue weighted by atomic mass is 32.2. The number of likely N-dealkylation sites (tertiary alicyclic amines) is 1. The molecule has 3 fully saturated rings. The molecule has 1 aromatic rings. The predicted octanol–water partition coefficient (Wildman–Crippen LogP) is -0.214. The molecule has 3 heterocycles. The maximum Gasteiger partial charge on any atom is 0.248 e. The molecule has 3 saturated heterocycles. The minimum absolute atomic E-state index is 0.111. The smallest absolute Gasteiger partial charge is 0.248 e. The lowest BCUT2D eigenvalue weighted by molar-refractivity contribution is -0.144. The first-order valence-corrected chi connectivity index (χ1v) is 12.1. The van der Waals surface area contributed by atoms with Gasteiger partial charge in [0, 0.05) is 24.7 Å². The zero-order chi connectivity index (χ0) is 22.8. The molecule has 3 aliphatic rings. The fraction of sp³-hybridized carbons (Fsp3) is 0.545. The minimum Gasteiger partial charge on any atom is -0.496 e. The van der Waals surface area contributed by atoms with E-state index in [0.717, 1.165) is 5.56 Å². The van der Waals surface area contributed by atoms with Gasteiger partial charge in [0.15, 0.2) is 0 Å². The fourth-order valence-corrected chi connectivity index (χ4v) is 5.27. The topological polar surface area (TPSA) is 108 Å². The van der Waals surface area contributed by atoms with Gasteiger partial charge in [-0.05, 0) is 25.2 Å². The molecule has 0 bridgehead atoms. The summed E-state index contributed by atoms with van der Waals surface area (Å²) in [5.41, 5.74) is 0.754. The molecule has 32 heavy (non-hydrogen) atoms. The Balaban J connectivity index is 1.50. The summed E-state index contributed by atoms with van der Waals surface area (Å²) >= 11 is 1.42. The summed E-state index contributed by atoms with van der Waals surface area (Å²) in [5.74, 6) is 0.224. The van der Waals surface area contributed by atoms with Gasteiger partial charge in [0.1, 0.15) is 17.8 Å². The van der Waals surface area contributed by atoms with E-state index in [2.05, 4.69) is 10.6 Å². The Labute approximate surface area is 191 Å². The van der Waals surface area contributed by atoms with Gasteiger partial charge in [0.25, 0.3) is 0 Å². The van der Waals surface area contributed by atoms with Crippen molar-refractivity contribution in [3.8, 4) is 5.75 Å². The molecule has 4 atom stereocenters. The number of nitrogens with zero attached hydrogens (tertiary/aromatic N) is 2. The molecule has 172 valence electrons. The monoisotopic (exact) mass is 460 g/mol. The van der Waals surface area contributed by atoms with Gasteiger partial charge in [0.2, 0.25) is 23.6 Å². The Kier molecular flexibility index (Phi) is 6.59. The summed E-state index contributed by atoms with van der Waals surface area (Å²) < 4.78 is 5.35. The lowest BCUT2D eigenvalue weighted by atomic mass is 10.1. The molecule has 9 nitrogen and oxygen atoms in total. The third-order valence-electron chi connectivity index (χ3n) is 6.36. The molecule has 10 heteroatoms. The molecular formula is C22H28N4O5S. The van der Waals surface area contributed by atoms with Crippen molar-refractivity contribution >= 4 is 35.4 Å². The Morgan fingerprint density at radius 3 is 2.81 bits per heavy atom. The molecule has 4 rings (SSSR count). The van der Waals surface area contributed by atoms with Crippen molar-refractivity contribution in [3.05, 3.63) is 29.8 Å². The number of hydrogen-bond donors (Lipinski definition) is 2. The second-order valence-corrected chi connectivity index (χ2v) is 9.23. The fourth-order valence-electron chi connectivity index (χ4n) is 4.92. The van der Waals surface area contributed by atoms with E-state index >= 15 is 0 Å². The van der Waals surface area contributed by atoms with Crippen molar-refractivity contribution < 1.29 is 23.9 Å². The van der Waals surface area contributed by atoms with Gasteiger partial charge in [-0.15, -0.1) is 0 Å². The van der Waals surface area contributed by atoms with Crippen LogP contribution in [0.15, 0.2) is 24.3 Å². The number of thioether (sulfide) groups is 1. The van der Waals surface area contributed by atoms with Crippen molar-refractivity contribution in [1.82, 2.24) is 20.4 Å². The lowest BCUT2D eigenvalue weighted by Gasteiger charge is -2.29. The highest BCUT2D eigenvalue weighted by Gasteiger charge is 2.52. The molecule has 0 spiro atoms. The van der Waals surface area contributed by atoms with Crippen LogP contribution < -0.4 is 15.4 Å². The van der Waals surface area contributed by atoms with E-state index in [1.165, 1.54) is 11.8 Å². The van der Waals surface area contributed by atoms with Crippen molar-refractivity contribution in [3.63, 3.8) is 0 Å². The SMILES string of the molecule is COc1ccccc1CC(=O)N1CC[C@H]2NC(=O)[C@H]3C[C@H](NC(=O)CSC)CN3C(=O)[C@H]21. The van der Waals surface area contributed by atoms with Crippen LogP contribution in [-0.2, 0) is 25.6 Å². The maximum absolute atomic E-state index is 13.5. The van der Waals surface area contributed by atoms with Crippen molar-refractivity contribution in [2.75, 3.05) is 32.2 Å². The average Bonchev–Trinajstić information content (AvgIpc) is 3.36. The zero-order valence-corrected chi connectivity index (χ0v) is 19.0. The number of amides is 4. The van der Waals surface area contributed by atoms with E-state index in [9.17, 15) is 19.2 Å². The average molecular weight is 461 g/mol. The molecule has 2 N–H and O–H groups in total. The van der Waals surface area contributed by atoms with Crippen LogP contribution in [0.3, 0.4) is 0 Å². The summed E-state index contributed by atoms with van der Waals surface area (Å²) in [5, 5.41) is 5.88. The van der Waals surface area contributed by atoms with E-state index in [1.807, 2.05) is 24.5 Å². The largest absolute Gasteiger partial charge is 0.496 e. The third-order valence-corrected chi connectivity index (χ3v) is 6.91. The predicted molar refractivity (Wildman–Crippen MR) is 119 cm³/mol. The Bertz CT molecular complexity index is 925. The van der Waals surface area contributed by atoms with Crippen LogP contribution in [0.4, 0.5) is 0 Å². The van der Waals surface area contributed by atoms with Crippen molar-refractivity contribution in [2.45, 2.75) is 43.4 Å². The number of methoxy groups -OCH3 is 1. The summed E-state index contributed by atoms with van der Waals surface area (Å²) in [6.45, 7) is 0.677. The number of benzene rings is 1. The number of carbonyl (C=O) groups is 4. The minimum atomic E-state index is -0.730. The second-order valence-electron chi connectivity index (χ2n) is 8.36. The Hall–Kier alpha value is -2.75. The van der Waals surface area contributed by atoms with Gasteiger partial charge in [-0.25, -0.2) is 0 Å². The number of carbonyl (C=O) groups excluding carboxylic acids is 4. The summed E-state index contributed by atoms with van der Waals surface area (Å²) in [4.78, 5) is 54.6. The number of hydrogen-bond acceptors (Lipinski definition) is 6. The van der Waals surface area contributed by atoms with E-state index in [0.29, 0.717) is 30.9 Å². The van der Waals surface area contributed by atoms with Crippen LogP contribution in [0.25, 0.3) is 0 Å². The number of fused-ring (bicyclic) bond motifs is 2. The summed E-state index contributed by atoms with van der Waals surface area (Å²) in [7, 11) is 1.56. The van der Waals surface area contributed by atoms with Crippen LogP contribution in [-0.4, -0.2) is 89.8 Å². The quantitative estimate of drug-likeness (QED) is 0.608. The number of rotatable bonds is 6. The second kappa shape index (κ2) is 9.40. The van der Waals surface area contributed by atoms with E-state index in [1.54, 1.807) is 23.0 Å². The van der Waals surface area contributed by atoms with Crippen LogP contribution >= 0.6 is 11.8 Å². The van der Waals surface area contributed by atoms with Crippen LogP contribution in [0.5, 0.6) is 5.75 Å². The molecule has 0 unspecified atom stereocenters. The van der Waals surface area contributed by atoms with Gasteiger partial charge in [-0.1, -0.05) is 18.2 Å². The van der Waals surface area contributed by atoms with Gasteiger partial charge < -0.3 is 25.2 Å². The zero-order valence-electron chi connectivity index (χ0n) is 18.2. The third kappa shape index (κ3) is 4.28. The first-order valence-electron chi connectivity index (χ1n) is 10.7. The van der Waals surface area contributed by atoms with Gasteiger partial charge >= 0.3 is 0 Å².